The molecule has 1 aliphatic carbocycles. The van der Waals surface area contributed by atoms with Gasteiger partial charge in [-0.2, -0.15) is 0 Å². The third-order valence-electron chi connectivity index (χ3n) is 6.07. The minimum absolute atomic E-state index is 0.0139. The van der Waals surface area contributed by atoms with Crippen molar-refractivity contribution in [3.8, 4) is 5.75 Å². The van der Waals surface area contributed by atoms with Gasteiger partial charge in [-0.1, -0.05) is 43.6 Å². The van der Waals surface area contributed by atoms with Crippen LogP contribution in [0.4, 0.5) is 5.69 Å². The van der Waals surface area contributed by atoms with Gasteiger partial charge in [0.2, 0.25) is 5.91 Å². The van der Waals surface area contributed by atoms with Crippen LogP contribution in [0.2, 0.25) is 5.02 Å². The first-order valence-corrected chi connectivity index (χ1v) is 10.6. The summed E-state index contributed by atoms with van der Waals surface area (Å²) in [6, 6.07) is 13.3. The van der Waals surface area contributed by atoms with Gasteiger partial charge < -0.3 is 4.74 Å². The number of aryl methyl sites for hydroxylation is 1. The lowest BCUT2D eigenvalue weighted by atomic mass is 9.69. The van der Waals surface area contributed by atoms with E-state index in [1.807, 2.05) is 49.4 Å². The third-order valence-corrected chi connectivity index (χ3v) is 6.48. The summed E-state index contributed by atoms with van der Waals surface area (Å²) in [6.07, 6.45) is 1.40. The van der Waals surface area contributed by atoms with Crippen LogP contribution in [0.25, 0.3) is 0 Å². The van der Waals surface area contributed by atoms with E-state index in [2.05, 4.69) is 13.8 Å². The molecule has 4 nitrogen and oxygen atoms in total. The molecule has 0 fully saturated rings. The SMILES string of the molecule is COc1ccc(C2CC(=O)N(c3ccc(C)c(Cl)c3)C3=C2C(=O)CC(C)(C)C3)cc1. The Morgan fingerprint density at radius 2 is 1.77 bits per heavy atom. The summed E-state index contributed by atoms with van der Waals surface area (Å²) in [5.41, 5.74) is 4.01. The molecule has 0 radical (unpaired) electrons. The van der Waals surface area contributed by atoms with Gasteiger partial charge in [0.25, 0.3) is 0 Å². The second kappa shape index (κ2) is 7.59. The van der Waals surface area contributed by atoms with Gasteiger partial charge >= 0.3 is 0 Å². The fraction of sp³-hybridized carbons (Fsp3) is 0.360. The van der Waals surface area contributed by atoms with Gasteiger partial charge in [0.05, 0.1) is 12.8 Å². The van der Waals surface area contributed by atoms with Crippen molar-refractivity contribution in [2.24, 2.45) is 5.41 Å². The number of rotatable bonds is 3. The zero-order valence-electron chi connectivity index (χ0n) is 17.8. The highest BCUT2D eigenvalue weighted by Gasteiger charge is 2.44. The molecule has 2 aromatic rings. The van der Waals surface area contributed by atoms with Crippen LogP contribution in [0.15, 0.2) is 53.7 Å². The summed E-state index contributed by atoms with van der Waals surface area (Å²) in [6.45, 7) is 6.09. The zero-order valence-corrected chi connectivity index (χ0v) is 18.5. The van der Waals surface area contributed by atoms with Crippen molar-refractivity contribution in [2.75, 3.05) is 12.0 Å². The van der Waals surface area contributed by atoms with E-state index in [4.69, 9.17) is 16.3 Å². The molecule has 2 aliphatic rings. The molecule has 1 heterocycles. The summed E-state index contributed by atoms with van der Waals surface area (Å²) >= 11 is 6.36. The summed E-state index contributed by atoms with van der Waals surface area (Å²) in [4.78, 5) is 28.4. The summed E-state index contributed by atoms with van der Waals surface area (Å²) in [5.74, 6) is 0.624. The fourth-order valence-corrected chi connectivity index (χ4v) is 4.73. The van der Waals surface area contributed by atoms with Crippen molar-refractivity contribution >= 4 is 29.0 Å². The normalized spacial score (nSPS) is 21.0. The predicted molar refractivity (Wildman–Crippen MR) is 119 cm³/mol. The number of allylic oxidation sites excluding steroid dienone is 2. The van der Waals surface area contributed by atoms with Gasteiger partial charge in [0.1, 0.15) is 5.75 Å². The molecule has 0 N–H and O–H groups in total. The number of amides is 1. The van der Waals surface area contributed by atoms with Gasteiger partial charge in [-0.05, 0) is 54.2 Å². The summed E-state index contributed by atoms with van der Waals surface area (Å²) in [5, 5.41) is 0.612. The number of methoxy groups -OCH3 is 1. The molecular weight excluding hydrogens is 398 g/mol. The Hall–Kier alpha value is -2.59. The molecule has 0 saturated heterocycles. The lowest BCUT2D eigenvalue weighted by Crippen LogP contribution is -2.43. The van der Waals surface area contributed by atoms with E-state index in [0.29, 0.717) is 17.9 Å². The molecule has 0 spiro atoms. The van der Waals surface area contributed by atoms with Crippen molar-refractivity contribution in [3.63, 3.8) is 0 Å². The van der Waals surface area contributed by atoms with Crippen LogP contribution in [0.3, 0.4) is 0 Å². The first kappa shape index (κ1) is 20.7. The maximum Gasteiger partial charge on any atom is 0.232 e. The number of benzene rings is 2. The average Bonchev–Trinajstić information content (AvgIpc) is 2.68. The van der Waals surface area contributed by atoms with Crippen LogP contribution in [0, 0.1) is 12.3 Å². The molecule has 30 heavy (non-hydrogen) atoms. The Morgan fingerprint density at radius 1 is 1.07 bits per heavy atom. The topological polar surface area (TPSA) is 46.6 Å². The Balaban J connectivity index is 1.87. The maximum atomic E-state index is 13.4. The number of hydrogen-bond donors (Lipinski definition) is 0. The number of hydrogen-bond acceptors (Lipinski definition) is 3. The lowest BCUT2D eigenvalue weighted by molar-refractivity contribution is -0.121. The molecule has 1 aliphatic heterocycles. The summed E-state index contributed by atoms with van der Waals surface area (Å²) < 4.78 is 5.26. The molecular formula is C25H26ClNO3. The Morgan fingerprint density at radius 3 is 2.40 bits per heavy atom. The van der Waals surface area contributed by atoms with E-state index in [1.165, 1.54) is 0 Å². The molecule has 4 rings (SSSR count). The second-order valence-electron chi connectivity index (χ2n) is 8.99. The van der Waals surface area contributed by atoms with Gasteiger partial charge in [0.15, 0.2) is 5.78 Å². The number of Topliss-reactive ketones (excluding diaryl/α,β-unsaturated/α-hetero) is 1. The van der Waals surface area contributed by atoms with Crippen molar-refractivity contribution in [2.45, 2.75) is 46.0 Å². The third kappa shape index (κ3) is 3.65. The number of ether oxygens (including phenoxy) is 1. The maximum absolute atomic E-state index is 13.4. The van der Waals surface area contributed by atoms with E-state index in [-0.39, 0.29) is 29.4 Å². The van der Waals surface area contributed by atoms with Crippen molar-refractivity contribution in [1.82, 2.24) is 0 Å². The van der Waals surface area contributed by atoms with Gasteiger partial charge in [0, 0.05) is 35.1 Å². The predicted octanol–water partition coefficient (Wildman–Crippen LogP) is 5.82. The largest absolute Gasteiger partial charge is 0.497 e. The molecule has 0 aromatic heterocycles. The molecule has 1 amide bonds. The van der Waals surface area contributed by atoms with Crippen LogP contribution < -0.4 is 9.64 Å². The number of anilines is 1. The number of ketones is 1. The monoisotopic (exact) mass is 423 g/mol. The Kier molecular flexibility index (Phi) is 5.23. The molecule has 156 valence electrons. The highest BCUT2D eigenvalue weighted by atomic mass is 35.5. The number of nitrogens with zero attached hydrogens (tertiary/aromatic N) is 1. The lowest BCUT2D eigenvalue weighted by Gasteiger charge is -2.43. The van der Waals surface area contributed by atoms with Crippen LogP contribution in [0.1, 0.15) is 50.2 Å². The van der Waals surface area contributed by atoms with E-state index in [9.17, 15) is 9.59 Å². The smallest absolute Gasteiger partial charge is 0.232 e. The fourth-order valence-electron chi connectivity index (χ4n) is 4.56. The number of carbonyl (C=O) groups is 2. The standard InChI is InChI=1S/C25H26ClNO3/c1-15-5-8-17(11-20(15)26)27-21-13-25(2,3)14-22(28)24(21)19(12-23(27)29)16-6-9-18(30-4)10-7-16/h5-11,19H,12-14H2,1-4H3. The van der Waals surface area contributed by atoms with Crippen LogP contribution in [-0.4, -0.2) is 18.8 Å². The molecule has 5 heteroatoms. The first-order valence-electron chi connectivity index (χ1n) is 10.2. The van der Waals surface area contributed by atoms with E-state index in [0.717, 1.165) is 33.8 Å². The van der Waals surface area contributed by atoms with E-state index >= 15 is 0 Å². The summed E-state index contributed by atoms with van der Waals surface area (Å²) in [7, 11) is 1.62. The zero-order chi connectivity index (χ0) is 21.6. The Labute approximate surface area is 182 Å². The van der Waals surface area contributed by atoms with Gasteiger partial charge in [-0.25, -0.2) is 0 Å². The van der Waals surface area contributed by atoms with E-state index in [1.54, 1.807) is 12.0 Å². The van der Waals surface area contributed by atoms with Crippen LogP contribution >= 0.6 is 11.6 Å². The molecule has 0 bridgehead atoms. The first-order chi connectivity index (χ1) is 14.2. The number of halogens is 1. The van der Waals surface area contributed by atoms with Crippen molar-refractivity contribution in [3.05, 3.63) is 69.9 Å². The van der Waals surface area contributed by atoms with Gasteiger partial charge in [-0.15, -0.1) is 0 Å². The molecule has 2 aromatic carbocycles. The Bertz CT molecular complexity index is 1050. The average molecular weight is 424 g/mol. The minimum Gasteiger partial charge on any atom is -0.497 e. The highest BCUT2D eigenvalue weighted by molar-refractivity contribution is 6.31. The van der Waals surface area contributed by atoms with Crippen molar-refractivity contribution < 1.29 is 14.3 Å². The minimum atomic E-state index is -0.237. The van der Waals surface area contributed by atoms with Crippen molar-refractivity contribution in [1.29, 1.82) is 0 Å². The molecule has 1 atom stereocenters. The molecule has 1 unspecified atom stereocenters. The van der Waals surface area contributed by atoms with Crippen LogP contribution in [0.5, 0.6) is 5.75 Å². The highest BCUT2D eigenvalue weighted by Crippen LogP contribution is 2.48. The number of carbonyl (C=O) groups excluding carboxylic acids is 2. The van der Waals surface area contributed by atoms with E-state index < -0.39 is 0 Å². The quantitative estimate of drug-likeness (QED) is 0.624. The van der Waals surface area contributed by atoms with Crippen LogP contribution in [-0.2, 0) is 9.59 Å². The second-order valence-corrected chi connectivity index (χ2v) is 9.40. The molecule has 0 saturated carbocycles. The van der Waals surface area contributed by atoms with Gasteiger partial charge in [-0.3, -0.25) is 14.5 Å².